The molecule has 1 fully saturated rings. The molecule has 1 aliphatic heterocycles. The summed E-state index contributed by atoms with van der Waals surface area (Å²) in [6, 6.07) is 7.40. The molecule has 0 bridgehead atoms. The van der Waals surface area contributed by atoms with Gasteiger partial charge in [0.1, 0.15) is 6.04 Å². The van der Waals surface area contributed by atoms with E-state index in [9.17, 15) is 4.79 Å². The molecule has 1 aromatic carbocycles. The first-order valence-electron chi connectivity index (χ1n) is 7.03. The number of aryl methyl sites for hydroxylation is 1. The summed E-state index contributed by atoms with van der Waals surface area (Å²) in [4.78, 5) is 18.5. The minimum absolute atomic E-state index is 0.0317. The fourth-order valence-electron chi connectivity index (χ4n) is 2.44. The predicted molar refractivity (Wildman–Crippen MR) is 74.7 cm³/mol. The molecule has 21 heavy (non-hydrogen) atoms. The summed E-state index contributed by atoms with van der Waals surface area (Å²) in [7, 11) is 0. The van der Waals surface area contributed by atoms with Crippen LogP contribution in [0, 0.1) is 0 Å². The quantitative estimate of drug-likeness (QED) is 0.861. The molecular weight excluding hydrogens is 270 g/mol. The van der Waals surface area contributed by atoms with Gasteiger partial charge in [-0.05, 0) is 24.1 Å². The lowest BCUT2D eigenvalue weighted by molar-refractivity contribution is -0.00576. The average molecular weight is 287 g/mol. The third-order valence-electron chi connectivity index (χ3n) is 3.67. The smallest absolute Gasteiger partial charge is 0.254 e. The highest BCUT2D eigenvalue weighted by atomic mass is 16.5. The fourth-order valence-corrected chi connectivity index (χ4v) is 2.44. The van der Waals surface area contributed by atoms with Crippen LogP contribution >= 0.6 is 0 Å². The zero-order valence-electron chi connectivity index (χ0n) is 11.9. The van der Waals surface area contributed by atoms with Gasteiger partial charge in [-0.3, -0.25) is 4.79 Å². The molecule has 1 amide bonds. The largest absolute Gasteiger partial charge is 0.377 e. The maximum absolute atomic E-state index is 12.7. The average Bonchev–Trinajstić information content (AvgIpc) is 3.08. The van der Waals surface area contributed by atoms with Gasteiger partial charge in [0.05, 0.1) is 13.2 Å². The van der Waals surface area contributed by atoms with E-state index in [1.54, 1.807) is 4.90 Å². The molecule has 1 aromatic heterocycles. The minimum Gasteiger partial charge on any atom is -0.377 e. The summed E-state index contributed by atoms with van der Waals surface area (Å²) in [6.07, 6.45) is 2.22. The molecule has 0 saturated carbocycles. The van der Waals surface area contributed by atoms with Gasteiger partial charge in [-0.1, -0.05) is 24.2 Å². The van der Waals surface area contributed by atoms with Crippen molar-refractivity contribution in [3.63, 3.8) is 0 Å². The zero-order chi connectivity index (χ0) is 14.7. The van der Waals surface area contributed by atoms with Crippen molar-refractivity contribution < 1.29 is 14.1 Å². The number of ether oxygens (including phenoxy) is 1. The Morgan fingerprint density at radius 1 is 1.38 bits per heavy atom. The number of hydrogen-bond acceptors (Lipinski definition) is 5. The number of hydrogen-bond donors (Lipinski definition) is 0. The first kappa shape index (κ1) is 13.8. The highest BCUT2D eigenvalue weighted by molar-refractivity contribution is 5.94. The van der Waals surface area contributed by atoms with Crippen LogP contribution < -0.4 is 0 Å². The monoisotopic (exact) mass is 287 g/mol. The molecule has 110 valence electrons. The summed E-state index contributed by atoms with van der Waals surface area (Å²) in [5.41, 5.74) is 1.88. The Labute approximate surface area is 122 Å². The van der Waals surface area contributed by atoms with Crippen molar-refractivity contribution in [2.24, 2.45) is 0 Å². The van der Waals surface area contributed by atoms with Gasteiger partial charge in [-0.2, -0.15) is 4.98 Å². The number of nitrogens with zero attached hydrogens (tertiary/aromatic N) is 3. The molecule has 1 aliphatic rings. The van der Waals surface area contributed by atoms with Crippen LogP contribution in [0.5, 0.6) is 0 Å². The second kappa shape index (κ2) is 6.05. The third-order valence-corrected chi connectivity index (χ3v) is 3.67. The summed E-state index contributed by atoms with van der Waals surface area (Å²) in [6.45, 7) is 3.52. The van der Waals surface area contributed by atoms with Crippen LogP contribution in [0.1, 0.15) is 34.7 Å². The SMILES string of the molecule is CCc1ccc(C(=O)N2CCOC[C@@H]2c2ncon2)cc1. The lowest BCUT2D eigenvalue weighted by Gasteiger charge is -2.33. The van der Waals surface area contributed by atoms with Gasteiger partial charge < -0.3 is 14.2 Å². The van der Waals surface area contributed by atoms with Crippen LogP contribution in [-0.4, -0.2) is 40.7 Å². The number of morpholine rings is 1. The van der Waals surface area contributed by atoms with E-state index in [1.165, 1.54) is 12.0 Å². The molecular formula is C15H17N3O3. The third kappa shape index (κ3) is 2.80. The first-order valence-corrected chi connectivity index (χ1v) is 7.03. The molecule has 6 nitrogen and oxygen atoms in total. The lowest BCUT2D eigenvalue weighted by atomic mass is 10.1. The van der Waals surface area contributed by atoms with Gasteiger partial charge in [0.2, 0.25) is 6.39 Å². The lowest BCUT2D eigenvalue weighted by Crippen LogP contribution is -2.43. The Balaban J connectivity index is 1.83. The van der Waals surface area contributed by atoms with E-state index < -0.39 is 0 Å². The Kier molecular flexibility index (Phi) is 3.96. The van der Waals surface area contributed by atoms with Crippen LogP contribution in [0.3, 0.4) is 0 Å². The number of carbonyl (C=O) groups is 1. The molecule has 0 radical (unpaired) electrons. The number of amides is 1. The van der Waals surface area contributed by atoms with Gasteiger partial charge in [-0.25, -0.2) is 0 Å². The molecule has 3 rings (SSSR count). The maximum atomic E-state index is 12.7. The second-order valence-electron chi connectivity index (χ2n) is 4.93. The summed E-state index contributed by atoms with van der Waals surface area (Å²) < 4.78 is 10.2. The Bertz CT molecular complexity index is 595. The molecule has 1 atom stereocenters. The van der Waals surface area contributed by atoms with E-state index in [1.807, 2.05) is 24.3 Å². The minimum atomic E-state index is -0.296. The number of carbonyl (C=O) groups excluding carboxylic acids is 1. The van der Waals surface area contributed by atoms with Gasteiger partial charge >= 0.3 is 0 Å². The Hall–Kier alpha value is -2.21. The summed E-state index contributed by atoms with van der Waals surface area (Å²) in [5.74, 6) is 0.448. The Morgan fingerprint density at radius 3 is 2.86 bits per heavy atom. The van der Waals surface area contributed by atoms with Crippen molar-refractivity contribution in [2.45, 2.75) is 19.4 Å². The first-order chi connectivity index (χ1) is 10.3. The van der Waals surface area contributed by atoms with Gasteiger partial charge in [0, 0.05) is 12.1 Å². The van der Waals surface area contributed by atoms with Crippen molar-refractivity contribution in [1.82, 2.24) is 15.0 Å². The van der Waals surface area contributed by atoms with Crippen molar-refractivity contribution in [2.75, 3.05) is 19.8 Å². The number of benzene rings is 1. The van der Waals surface area contributed by atoms with E-state index in [-0.39, 0.29) is 11.9 Å². The molecule has 0 spiro atoms. The number of aromatic nitrogens is 2. The van der Waals surface area contributed by atoms with Crippen LogP contribution in [0.2, 0.25) is 0 Å². The van der Waals surface area contributed by atoms with E-state index in [0.717, 1.165) is 6.42 Å². The van der Waals surface area contributed by atoms with Crippen molar-refractivity contribution >= 4 is 5.91 Å². The predicted octanol–water partition coefficient (Wildman–Crippen LogP) is 1.85. The van der Waals surface area contributed by atoms with Crippen molar-refractivity contribution in [3.8, 4) is 0 Å². The topological polar surface area (TPSA) is 68.5 Å². The van der Waals surface area contributed by atoms with Crippen molar-refractivity contribution in [1.29, 1.82) is 0 Å². The van der Waals surface area contributed by atoms with Crippen LogP contribution in [0.4, 0.5) is 0 Å². The molecule has 2 heterocycles. The summed E-state index contributed by atoms with van der Waals surface area (Å²) in [5, 5.41) is 3.83. The molecule has 2 aromatic rings. The van der Waals surface area contributed by atoms with E-state index in [2.05, 4.69) is 17.1 Å². The standard InChI is InChI=1S/C15H17N3O3/c1-2-11-3-5-12(6-4-11)15(19)18-7-8-20-9-13(18)14-16-10-21-17-14/h3-6,10,13H,2,7-9H2,1H3/t13-/m1/s1. The van der Waals surface area contributed by atoms with Gasteiger partial charge in [0.25, 0.3) is 5.91 Å². The highest BCUT2D eigenvalue weighted by Gasteiger charge is 2.32. The van der Waals surface area contributed by atoms with E-state index >= 15 is 0 Å². The van der Waals surface area contributed by atoms with E-state index in [4.69, 9.17) is 9.26 Å². The van der Waals surface area contributed by atoms with Crippen molar-refractivity contribution in [3.05, 3.63) is 47.6 Å². The van der Waals surface area contributed by atoms with Gasteiger partial charge in [0.15, 0.2) is 5.82 Å². The normalized spacial score (nSPS) is 18.7. The molecule has 0 aliphatic carbocycles. The molecule has 1 saturated heterocycles. The van der Waals surface area contributed by atoms with Crippen LogP contribution in [0.25, 0.3) is 0 Å². The van der Waals surface area contributed by atoms with Gasteiger partial charge in [-0.15, -0.1) is 0 Å². The fraction of sp³-hybridized carbons (Fsp3) is 0.400. The molecule has 0 unspecified atom stereocenters. The second-order valence-corrected chi connectivity index (χ2v) is 4.93. The van der Waals surface area contributed by atoms with E-state index in [0.29, 0.717) is 31.1 Å². The zero-order valence-corrected chi connectivity index (χ0v) is 11.9. The Morgan fingerprint density at radius 2 is 2.19 bits per heavy atom. The molecule has 0 N–H and O–H groups in total. The van der Waals surface area contributed by atoms with Crippen LogP contribution in [-0.2, 0) is 11.2 Å². The van der Waals surface area contributed by atoms with Crippen LogP contribution in [0.15, 0.2) is 35.2 Å². The summed E-state index contributed by atoms with van der Waals surface area (Å²) >= 11 is 0. The number of rotatable bonds is 3. The highest BCUT2D eigenvalue weighted by Crippen LogP contribution is 2.23. The maximum Gasteiger partial charge on any atom is 0.254 e. The molecule has 6 heteroatoms.